The van der Waals surface area contributed by atoms with Gasteiger partial charge in [-0.15, -0.1) is 0 Å². The van der Waals surface area contributed by atoms with Crippen LogP contribution in [0.1, 0.15) is 23.2 Å². The van der Waals surface area contributed by atoms with Gasteiger partial charge in [0.1, 0.15) is 11.3 Å². The number of hydrogen-bond donors (Lipinski definition) is 0. The van der Waals surface area contributed by atoms with Crippen LogP contribution in [-0.2, 0) is 0 Å². The molecule has 7 nitrogen and oxygen atoms in total. The van der Waals surface area contributed by atoms with Crippen molar-refractivity contribution in [3.63, 3.8) is 0 Å². The average molecular weight is 295 g/mol. The van der Waals surface area contributed by atoms with E-state index in [4.69, 9.17) is 16.9 Å². The largest absolute Gasteiger partial charge is 0.337 e. The summed E-state index contributed by atoms with van der Waals surface area (Å²) in [5.41, 5.74) is -0.286. The third-order valence-corrected chi connectivity index (χ3v) is 3.46. The number of carbonyl (C=O) groups excluding carboxylic acids is 1. The molecule has 1 aliphatic heterocycles. The van der Waals surface area contributed by atoms with Crippen LogP contribution in [0, 0.1) is 27.4 Å². The van der Waals surface area contributed by atoms with Crippen molar-refractivity contribution in [3.05, 3.63) is 33.1 Å². The molecule has 0 aliphatic carbocycles. The lowest BCUT2D eigenvalue weighted by Crippen LogP contribution is -2.39. The second kappa shape index (κ2) is 5.84. The first-order chi connectivity index (χ1) is 9.52. The zero-order valence-electron chi connectivity index (χ0n) is 10.5. The van der Waals surface area contributed by atoms with E-state index >= 15 is 0 Å². The van der Waals surface area contributed by atoms with E-state index in [2.05, 4.69) is 11.1 Å². The van der Waals surface area contributed by atoms with E-state index in [0.29, 0.717) is 13.1 Å². The van der Waals surface area contributed by atoms with Gasteiger partial charge in [-0.1, -0.05) is 11.6 Å². The maximum absolute atomic E-state index is 12.3. The van der Waals surface area contributed by atoms with Crippen LogP contribution in [-0.4, -0.2) is 33.8 Å². The number of hydrogen-bond acceptors (Lipinski definition) is 5. The maximum atomic E-state index is 12.3. The molecular weight excluding hydrogens is 284 g/mol. The minimum absolute atomic E-state index is 0.000503. The summed E-state index contributed by atoms with van der Waals surface area (Å²) in [5.74, 6) is -0.635. The first kappa shape index (κ1) is 14.2. The molecule has 1 aromatic rings. The average Bonchev–Trinajstić information content (AvgIpc) is 2.46. The number of piperidine rings is 1. The normalized spacial score (nSPS) is 18.4. The SMILES string of the molecule is N#CC1CCCN(C(=O)c2cc([N+](=O)[O-])cnc2Cl)C1. The molecule has 1 saturated heterocycles. The van der Waals surface area contributed by atoms with Crippen LogP contribution < -0.4 is 0 Å². The number of rotatable bonds is 2. The Morgan fingerprint density at radius 3 is 3.05 bits per heavy atom. The summed E-state index contributed by atoms with van der Waals surface area (Å²) in [6, 6.07) is 3.25. The Kier molecular flexibility index (Phi) is 4.15. The van der Waals surface area contributed by atoms with Crippen molar-refractivity contribution in [1.29, 1.82) is 5.26 Å². The lowest BCUT2D eigenvalue weighted by molar-refractivity contribution is -0.385. The van der Waals surface area contributed by atoms with Crippen molar-refractivity contribution in [3.8, 4) is 6.07 Å². The van der Waals surface area contributed by atoms with E-state index in [9.17, 15) is 14.9 Å². The van der Waals surface area contributed by atoms with Gasteiger partial charge in [-0.3, -0.25) is 14.9 Å². The van der Waals surface area contributed by atoms with Crippen LogP contribution in [0.25, 0.3) is 0 Å². The van der Waals surface area contributed by atoms with E-state index in [1.807, 2.05) is 0 Å². The van der Waals surface area contributed by atoms with Crippen molar-refractivity contribution >= 4 is 23.2 Å². The van der Waals surface area contributed by atoms with Gasteiger partial charge in [-0.25, -0.2) is 4.98 Å². The number of nitrogens with zero attached hydrogens (tertiary/aromatic N) is 4. The molecule has 0 radical (unpaired) electrons. The maximum Gasteiger partial charge on any atom is 0.288 e. The van der Waals surface area contributed by atoms with Crippen molar-refractivity contribution in [2.45, 2.75) is 12.8 Å². The zero-order chi connectivity index (χ0) is 14.7. The fraction of sp³-hybridized carbons (Fsp3) is 0.417. The van der Waals surface area contributed by atoms with Crippen LogP contribution in [0.5, 0.6) is 0 Å². The molecule has 20 heavy (non-hydrogen) atoms. The number of nitriles is 1. The lowest BCUT2D eigenvalue weighted by atomic mass is 9.99. The number of pyridine rings is 1. The Bertz CT molecular complexity index is 599. The molecule has 1 atom stereocenters. The fourth-order valence-corrected chi connectivity index (χ4v) is 2.31. The van der Waals surface area contributed by atoms with Gasteiger partial charge in [0.2, 0.25) is 0 Å². The van der Waals surface area contributed by atoms with Crippen LogP contribution in [0.2, 0.25) is 5.15 Å². The highest BCUT2D eigenvalue weighted by atomic mass is 35.5. The number of aromatic nitrogens is 1. The molecule has 1 amide bonds. The van der Waals surface area contributed by atoms with Crippen LogP contribution >= 0.6 is 11.6 Å². The summed E-state index contributed by atoms with van der Waals surface area (Å²) >= 11 is 5.84. The Morgan fingerprint density at radius 2 is 2.40 bits per heavy atom. The highest BCUT2D eigenvalue weighted by Crippen LogP contribution is 2.23. The van der Waals surface area contributed by atoms with E-state index in [1.54, 1.807) is 0 Å². The molecule has 0 aromatic carbocycles. The Labute approximate surface area is 119 Å². The van der Waals surface area contributed by atoms with Crippen molar-refractivity contribution in [2.75, 3.05) is 13.1 Å². The predicted octanol–water partition coefficient (Wildman–Crippen LogP) is 2.02. The molecule has 1 aromatic heterocycles. The molecule has 8 heteroatoms. The summed E-state index contributed by atoms with van der Waals surface area (Å²) in [7, 11) is 0. The molecule has 104 valence electrons. The van der Waals surface area contributed by atoms with Crippen molar-refractivity contribution in [2.24, 2.45) is 5.92 Å². The quantitative estimate of drug-likeness (QED) is 0.472. The second-order valence-electron chi connectivity index (χ2n) is 4.51. The monoisotopic (exact) mass is 294 g/mol. The third-order valence-electron chi connectivity index (χ3n) is 3.16. The van der Waals surface area contributed by atoms with E-state index in [-0.39, 0.29) is 22.3 Å². The zero-order valence-corrected chi connectivity index (χ0v) is 11.2. The molecular formula is C12H11ClN4O3. The minimum Gasteiger partial charge on any atom is -0.337 e. The number of carbonyl (C=O) groups is 1. The van der Waals surface area contributed by atoms with Crippen molar-refractivity contribution in [1.82, 2.24) is 9.88 Å². The first-order valence-electron chi connectivity index (χ1n) is 6.01. The molecule has 2 heterocycles. The lowest BCUT2D eigenvalue weighted by Gasteiger charge is -2.29. The fourth-order valence-electron chi connectivity index (χ4n) is 2.12. The molecule has 0 spiro atoms. The Balaban J connectivity index is 2.26. The van der Waals surface area contributed by atoms with Gasteiger partial charge in [0.05, 0.1) is 22.5 Å². The molecule has 1 aliphatic rings. The predicted molar refractivity (Wildman–Crippen MR) is 70.1 cm³/mol. The first-order valence-corrected chi connectivity index (χ1v) is 6.39. The molecule has 1 fully saturated rings. The Morgan fingerprint density at radius 1 is 1.65 bits per heavy atom. The second-order valence-corrected chi connectivity index (χ2v) is 4.87. The van der Waals surface area contributed by atoms with Gasteiger partial charge >= 0.3 is 0 Å². The number of nitro groups is 1. The van der Waals surface area contributed by atoms with Gasteiger partial charge in [0.15, 0.2) is 0 Å². The van der Waals surface area contributed by atoms with Gasteiger partial charge < -0.3 is 4.90 Å². The minimum atomic E-state index is -0.631. The highest BCUT2D eigenvalue weighted by Gasteiger charge is 2.27. The molecule has 0 saturated carbocycles. The Hall–Kier alpha value is -2.20. The van der Waals surface area contributed by atoms with Crippen LogP contribution in [0.3, 0.4) is 0 Å². The van der Waals surface area contributed by atoms with Gasteiger partial charge in [-0.05, 0) is 12.8 Å². The summed E-state index contributed by atoms with van der Waals surface area (Å²) in [5, 5.41) is 19.6. The van der Waals surface area contributed by atoms with E-state index < -0.39 is 10.8 Å². The third kappa shape index (κ3) is 2.86. The number of halogens is 1. The van der Waals surface area contributed by atoms with E-state index in [1.165, 1.54) is 4.90 Å². The smallest absolute Gasteiger partial charge is 0.288 e. The summed E-state index contributed by atoms with van der Waals surface area (Å²) < 4.78 is 0. The highest BCUT2D eigenvalue weighted by molar-refractivity contribution is 6.32. The molecule has 0 N–H and O–H groups in total. The van der Waals surface area contributed by atoms with E-state index in [0.717, 1.165) is 25.1 Å². The summed E-state index contributed by atoms with van der Waals surface area (Å²) in [6.07, 6.45) is 2.48. The van der Waals surface area contributed by atoms with Gasteiger partial charge in [0.25, 0.3) is 11.6 Å². The number of amides is 1. The molecule has 0 bridgehead atoms. The van der Waals surface area contributed by atoms with Crippen LogP contribution in [0.15, 0.2) is 12.3 Å². The van der Waals surface area contributed by atoms with Crippen LogP contribution in [0.4, 0.5) is 5.69 Å². The van der Waals surface area contributed by atoms with Crippen molar-refractivity contribution < 1.29 is 9.72 Å². The standard InChI is InChI=1S/C12H11ClN4O3/c13-11-10(4-9(6-15-11)17(19)20)12(18)16-3-1-2-8(5-14)7-16/h4,6,8H,1-3,7H2. The molecule has 1 unspecified atom stereocenters. The summed E-state index contributed by atoms with van der Waals surface area (Å²) in [4.78, 5) is 27.6. The molecule has 2 rings (SSSR count). The number of likely N-dealkylation sites (tertiary alicyclic amines) is 1. The van der Waals surface area contributed by atoms with Gasteiger partial charge in [-0.2, -0.15) is 5.26 Å². The summed E-state index contributed by atoms with van der Waals surface area (Å²) in [6.45, 7) is 0.824. The van der Waals surface area contributed by atoms with Gasteiger partial charge in [0, 0.05) is 19.2 Å². The topological polar surface area (TPSA) is 100 Å².